The summed E-state index contributed by atoms with van der Waals surface area (Å²) in [5.74, 6) is 3.00. The third-order valence-electron chi connectivity index (χ3n) is 24.5. The number of nitrogens with one attached hydrogen (secondary N) is 1. The van der Waals surface area contributed by atoms with Gasteiger partial charge in [0.25, 0.3) is 20.1 Å². The maximum absolute atomic E-state index is 7.85. The summed E-state index contributed by atoms with van der Waals surface area (Å²) < 4.78 is 36.2. The summed E-state index contributed by atoms with van der Waals surface area (Å²) in [7, 11) is 0. The number of fused-ring (bicyclic) bond motifs is 21. The zero-order valence-corrected chi connectivity index (χ0v) is 60.6. The van der Waals surface area contributed by atoms with Gasteiger partial charge in [-0.25, -0.2) is 0 Å². The second-order valence-corrected chi connectivity index (χ2v) is 30.7. The number of hydrogen-bond donors (Lipinski definition) is 1. The molecule has 0 unspecified atom stereocenters. The molecule has 0 bridgehead atoms. The Morgan fingerprint density at radius 3 is 1.22 bits per heavy atom. The highest BCUT2D eigenvalue weighted by molar-refractivity contribution is 7.03. The lowest BCUT2D eigenvalue weighted by Crippen LogP contribution is -2.65. The van der Waals surface area contributed by atoms with Crippen LogP contribution >= 0.6 is 0 Å². The average molecular weight is 1420 g/mol. The molecule has 516 valence electrons. The Bertz CT molecular complexity index is 7340. The summed E-state index contributed by atoms with van der Waals surface area (Å²) in [6.45, 7) is 5.95. The minimum absolute atomic E-state index is 0.196. The number of para-hydroxylation sites is 10. The van der Waals surface area contributed by atoms with Crippen LogP contribution in [0.1, 0.15) is 16.7 Å². The lowest BCUT2D eigenvalue weighted by Gasteiger charge is -2.46. The van der Waals surface area contributed by atoms with Gasteiger partial charge in [0.2, 0.25) is 0 Å². The van der Waals surface area contributed by atoms with Crippen LogP contribution in [0.3, 0.4) is 0 Å². The third kappa shape index (κ3) is 8.53. The Balaban J connectivity index is 0.750. The van der Waals surface area contributed by atoms with E-state index in [0.717, 1.165) is 207 Å². The van der Waals surface area contributed by atoms with Crippen LogP contribution in [0.2, 0.25) is 0 Å². The fraction of sp³-hybridized carbons (Fsp3) is 0.0303. The van der Waals surface area contributed by atoms with Gasteiger partial charge >= 0.3 is 0 Å². The second-order valence-electron chi connectivity index (χ2n) is 30.7. The van der Waals surface area contributed by atoms with Crippen molar-refractivity contribution in [3.63, 3.8) is 0 Å². The molecule has 111 heavy (non-hydrogen) atoms. The van der Waals surface area contributed by atoms with E-state index >= 15 is 0 Å². The molecule has 25 rings (SSSR count). The summed E-state index contributed by atoms with van der Waals surface area (Å²) >= 11 is 0. The maximum atomic E-state index is 7.85. The van der Waals surface area contributed by atoms with Crippen molar-refractivity contribution in [2.75, 3.05) is 20.0 Å². The first-order valence-corrected chi connectivity index (χ1v) is 38.3. The van der Waals surface area contributed by atoms with Crippen molar-refractivity contribution in [2.45, 2.75) is 20.8 Å². The molecule has 0 aliphatic carbocycles. The molecule has 16 aromatic carbocycles. The van der Waals surface area contributed by atoms with E-state index in [-0.39, 0.29) is 20.1 Å². The molecule has 3 aromatic heterocycles. The minimum Gasteiger partial charge on any atom is -0.458 e. The van der Waals surface area contributed by atoms with Gasteiger partial charge in [-0.1, -0.05) is 212 Å². The largest absolute Gasteiger partial charge is 0.458 e. The zero-order valence-electron chi connectivity index (χ0n) is 60.6. The van der Waals surface area contributed by atoms with Crippen LogP contribution in [-0.4, -0.2) is 20.1 Å². The predicted molar refractivity (Wildman–Crippen MR) is 460 cm³/mol. The molecule has 6 aliphatic rings. The highest BCUT2D eigenvalue weighted by atomic mass is 16.5. The molecule has 0 atom stereocenters. The van der Waals surface area contributed by atoms with Crippen LogP contribution in [0.15, 0.2) is 323 Å². The van der Waals surface area contributed by atoms with E-state index in [1.54, 1.807) is 0 Å². The van der Waals surface area contributed by atoms with Gasteiger partial charge in [0.15, 0.2) is 0 Å². The van der Waals surface area contributed by atoms with E-state index in [0.29, 0.717) is 0 Å². The van der Waals surface area contributed by atoms with Crippen LogP contribution in [-0.2, 0) is 0 Å². The van der Waals surface area contributed by atoms with Gasteiger partial charge in [-0.2, -0.15) is 0 Å². The smallest absolute Gasteiger partial charge is 0.260 e. The monoisotopic (exact) mass is 1420 g/mol. The highest BCUT2D eigenvalue weighted by Gasteiger charge is 2.50. The molecule has 0 spiro atoms. The quantitative estimate of drug-likeness (QED) is 0.164. The molecule has 0 fully saturated rings. The number of rotatable bonds is 6. The van der Waals surface area contributed by atoms with Crippen LogP contribution in [0, 0.1) is 20.8 Å². The van der Waals surface area contributed by atoms with Gasteiger partial charge in [-0.3, -0.25) is 0 Å². The minimum atomic E-state index is -0.371. The number of anilines is 11. The van der Waals surface area contributed by atoms with Crippen molar-refractivity contribution < 1.29 is 22.7 Å². The van der Waals surface area contributed by atoms with Crippen LogP contribution in [0.25, 0.3) is 99.2 Å². The fourth-order valence-electron chi connectivity index (χ4n) is 20.1. The first-order valence-electron chi connectivity index (χ1n) is 38.3. The summed E-state index contributed by atoms with van der Waals surface area (Å²) in [6.07, 6.45) is 0. The van der Waals surface area contributed by atoms with E-state index in [1.165, 1.54) is 44.0 Å². The van der Waals surface area contributed by atoms with Gasteiger partial charge in [0.1, 0.15) is 56.5 Å². The molecule has 19 aromatic rings. The SMILES string of the molecule is Cc1cc(C)c(N2c3cc4c(cc3B3c5ccccc5N(c5ccccc5)c5cc(-c6cccc7c6oc6ccccc67)cc2c53)B2c3cc5c(cc3Oc3cc(-c6cccc7c6oc6ccccc67)cc(c32)O4)Nc2cc(-c3cccc4c3oc3ccccc34)cc3c2B5c2ccccc2N3c2ccccc2)c(C)c1. The Hall–Kier alpha value is -14.1. The van der Waals surface area contributed by atoms with E-state index in [4.69, 9.17) is 22.7 Å². The summed E-state index contributed by atoms with van der Waals surface area (Å²) in [6, 6.07) is 113. The van der Waals surface area contributed by atoms with Gasteiger partial charge in [-0.15, -0.1) is 0 Å². The molecule has 12 heteroatoms. The van der Waals surface area contributed by atoms with E-state index in [1.807, 2.05) is 12.1 Å². The van der Waals surface area contributed by atoms with Crippen molar-refractivity contribution in [3.8, 4) is 56.4 Å². The fourth-order valence-corrected chi connectivity index (χ4v) is 20.1. The standard InChI is InChI=1S/C99H61B3N4O5/c1-55-43-56(2)96(57(3)44-55)106-82-54-90-77(52-75(82)101-73-37-14-16-39-81(73)105(62-25-8-5-9-26-62)84-47-59(48-85(106)94(84)101)64-31-21-34-70-67-28-11-18-41-87(67)110-98(64)70)102-76-51-74-78(53-89(76)107-91-49-60(50-92(108-90)95(91)102)65-32-22-35-71-68-29-12-19-42-88(68)111-99(65)71)103-79-45-58(63-30-20-33-69-66-27-10-17-40-86(66)109-97(63)69)46-83-93(79)100(74)72-36-13-15-38-80(72)104(83)61-23-6-4-7-24-61/h4-54,103H,1-3H3. The number of hydrogen-bond acceptors (Lipinski definition) is 9. The van der Waals surface area contributed by atoms with E-state index in [9.17, 15) is 0 Å². The van der Waals surface area contributed by atoms with Crippen LogP contribution in [0.4, 0.5) is 62.6 Å². The van der Waals surface area contributed by atoms with Crippen molar-refractivity contribution in [2.24, 2.45) is 0 Å². The van der Waals surface area contributed by atoms with Crippen molar-refractivity contribution in [3.05, 3.63) is 326 Å². The first kappa shape index (κ1) is 61.0. The van der Waals surface area contributed by atoms with E-state index in [2.05, 4.69) is 338 Å². The van der Waals surface area contributed by atoms with Crippen LogP contribution < -0.4 is 78.7 Å². The molecular formula is C99H61B3N4O5. The highest BCUT2D eigenvalue weighted by Crippen LogP contribution is 2.52. The summed E-state index contributed by atoms with van der Waals surface area (Å²) in [5.41, 5.74) is 36.7. The molecule has 1 N–H and O–H groups in total. The average Bonchev–Trinajstić information content (AvgIpc) is 1.30. The zero-order chi connectivity index (χ0) is 72.7. The van der Waals surface area contributed by atoms with Crippen LogP contribution in [0.5, 0.6) is 23.0 Å². The predicted octanol–water partition coefficient (Wildman–Crippen LogP) is 20.5. The number of benzene rings is 16. The Kier molecular flexibility index (Phi) is 12.4. The van der Waals surface area contributed by atoms with Gasteiger partial charge < -0.3 is 42.7 Å². The molecule has 0 saturated heterocycles. The topological polar surface area (TPSA) is 79.6 Å². The maximum Gasteiger partial charge on any atom is 0.260 e. The normalized spacial score (nSPS) is 13.6. The summed E-state index contributed by atoms with van der Waals surface area (Å²) in [4.78, 5) is 7.54. The molecule has 9 heterocycles. The lowest BCUT2D eigenvalue weighted by atomic mass is 9.29. The van der Waals surface area contributed by atoms with Crippen molar-refractivity contribution >= 4 is 198 Å². The molecule has 0 amide bonds. The molecule has 9 nitrogen and oxygen atoms in total. The van der Waals surface area contributed by atoms with Crippen molar-refractivity contribution in [1.82, 2.24) is 0 Å². The van der Waals surface area contributed by atoms with Gasteiger partial charge in [0, 0.05) is 123 Å². The Labute approximate surface area is 639 Å². The number of nitrogens with zero attached hydrogens (tertiary/aromatic N) is 3. The van der Waals surface area contributed by atoms with Gasteiger partial charge in [0.05, 0.1) is 5.69 Å². The molecule has 6 aliphatic heterocycles. The second kappa shape index (κ2) is 22.5. The lowest BCUT2D eigenvalue weighted by molar-refractivity contribution is 0.465. The number of aryl methyl sites for hydroxylation is 3. The first-order chi connectivity index (χ1) is 54.8. The third-order valence-corrected chi connectivity index (χ3v) is 24.5. The Morgan fingerprint density at radius 2 is 0.685 bits per heavy atom. The number of furan rings is 3. The van der Waals surface area contributed by atoms with E-state index < -0.39 is 0 Å². The van der Waals surface area contributed by atoms with Crippen molar-refractivity contribution in [1.29, 1.82) is 0 Å². The molecular weight excluding hydrogens is 1360 g/mol. The van der Waals surface area contributed by atoms with Gasteiger partial charge in [-0.05, 0) is 183 Å². The number of ether oxygens (including phenoxy) is 2. The molecule has 0 saturated carbocycles. The Morgan fingerprint density at radius 1 is 0.270 bits per heavy atom. The summed E-state index contributed by atoms with van der Waals surface area (Å²) in [5, 5.41) is 10.6. The molecule has 0 radical (unpaired) electrons.